The van der Waals surface area contributed by atoms with E-state index in [9.17, 15) is 4.79 Å². The number of hydrazone groups is 1. The number of hydrogen-bond donors (Lipinski definition) is 0. The molecule has 1 aromatic heterocycles. The molecule has 2 unspecified atom stereocenters. The molecule has 2 aromatic rings. The first kappa shape index (κ1) is 17.8. The lowest BCUT2D eigenvalue weighted by Gasteiger charge is -2.35. The van der Waals surface area contributed by atoms with Crippen LogP contribution in [0.15, 0.2) is 59.9 Å². The van der Waals surface area contributed by atoms with Crippen LogP contribution in [0.2, 0.25) is 0 Å². The normalized spacial score (nSPS) is 24.7. The van der Waals surface area contributed by atoms with Gasteiger partial charge >= 0.3 is 0 Å². The van der Waals surface area contributed by atoms with Crippen molar-refractivity contribution in [2.75, 3.05) is 7.05 Å². The van der Waals surface area contributed by atoms with Gasteiger partial charge in [0, 0.05) is 31.6 Å². The molecule has 0 N–H and O–H groups in total. The molecule has 1 amide bonds. The van der Waals surface area contributed by atoms with Gasteiger partial charge in [0.05, 0.1) is 29.3 Å². The lowest BCUT2D eigenvalue weighted by molar-refractivity contribution is 0.0765. The molecule has 3 aliphatic rings. The van der Waals surface area contributed by atoms with Crippen molar-refractivity contribution in [2.45, 2.75) is 26.1 Å². The summed E-state index contributed by atoms with van der Waals surface area (Å²) in [6, 6.07) is 8.93. The number of carbonyl (C=O) groups excluding carboxylic acids is 1. The number of aromatic nitrogens is 1. The Morgan fingerprint density at radius 1 is 1.31 bits per heavy atom. The predicted molar refractivity (Wildman–Crippen MR) is 109 cm³/mol. The van der Waals surface area contributed by atoms with Gasteiger partial charge in [-0.1, -0.05) is 30.4 Å². The lowest BCUT2D eigenvalue weighted by Crippen LogP contribution is -2.38. The summed E-state index contributed by atoms with van der Waals surface area (Å²) in [5, 5.41) is 6.37. The molecule has 0 bridgehead atoms. The molecule has 1 aliphatic carbocycles. The number of halogens is 1. The van der Waals surface area contributed by atoms with Crippen molar-refractivity contribution < 1.29 is 9.18 Å². The van der Waals surface area contributed by atoms with E-state index < -0.39 is 0 Å². The molecule has 0 spiro atoms. The van der Waals surface area contributed by atoms with Gasteiger partial charge in [-0.05, 0) is 36.3 Å². The van der Waals surface area contributed by atoms with Gasteiger partial charge in [-0.25, -0.2) is 4.39 Å². The molecule has 0 fully saturated rings. The first-order valence-corrected chi connectivity index (χ1v) is 9.66. The molecule has 0 saturated heterocycles. The zero-order chi connectivity index (χ0) is 20.2. The van der Waals surface area contributed by atoms with E-state index in [4.69, 9.17) is 0 Å². The number of rotatable bonds is 3. The van der Waals surface area contributed by atoms with Gasteiger partial charge in [-0.2, -0.15) is 5.10 Å². The third kappa shape index (κ3) is 2.70. The molecular weight excluding hydrogens is 367 g/mol. The van der Waals surface area contributed by atoms with Crippen LogP contribution < -0.4 is 0 Å². The number of carbonyl (C=O) groups is 1. The number of nitrogens with zero attached hydrogens (tertiary/aromatic N) is 4. The van der Waals surface area contributed by atoms with Crippen molar-refractivity contribution in [3.63, 3.8) is 0 Å². The predicted octanol–water partition coefficient (Wildman–Crippen LogP) is 3.64. The zero-order valence-electron chi connectivity index (χ0n) is 16.3. The maximum Gasteiger partial charge on any atom is 0.256 e. The van der Waals surface area contributed by atoms with Crippen molar-refractivity contribution in [1.29, 1.82) is 0 Å². The first-order chi connectivity index (χ1) is 14.0. The van der Waals surface area contributed by atoms with E-state index >= 15 is 4.39 Å². The highest BCUT2D eigenvalue weighted by molar-refractivity contribution is 5.97. The van der Waals surface area contributed by atoms with Gasteiger partial charge in [0.25, 0.3) is 5.91 Å². The number of amides is 1. The summed E-state index contributed by atoms with van der Waals surface area (Å²) in [6.45, 7) is 2.76. The van der Waals surface area contributed by atoms with Crippen molar-refractivity contribution in [1.82, 2.24) is 14.9 Å². The highest BCUT2D eigenvalue weighted by atomic mass is 19.1. The minimum absolute atomic E-state index is 0.0998. The van der Waals surface area contributed by atoms with Gasteiger partial charge in [0.2, 0.25) is 0 Å². The molecule has 1 aromatic carbocycles. The molecule has 0 radical (unpaired) electrons. The molecule has 3 heterocycles. The molecule has 0 saturated carbocycles. The Balaban J connectivity index is 1.41. The van der Waals surface area contributed by atoms with Crippen LogP contribution in [-0.4, -0.2) is 40.1 Å². The van der Waals surface area contributed by atoms with Crippen molar-refractivity contribution >= 4 is 17.7 Å². The highest BCUT2D eigenvalue weighted by Gasteiger charge is 2.43. The SMILES string of the molecule is CN1N=CC2(C)C(c3ccc(CN4Cc5ncccc5C4=O)c(F)c3)=CC=CC12. The molecular formula is C23H21FN4O. The van der Waals surface area contributed by atoms with Crippen LogP contribution in [-0.2, 0) is 13.1 Å². The standard InChI is InChI=1S/C23H21FN4O/c1-23-14-26-27(2)21(23)7-3-6-18(23)15-8-9-16(19(24)11-15)12-28-13-20-17(22(28)29)5-4-10-25-20/h3-11,14,21H,12-13H2,1-2H3. The van der Waals surface area contributed by atoms with Crippen molar-refractivity contribution in [3.8, 4) is 0 Å². The molecule has 29 heavy (non-hydrogen) atoms. The van der Waals surface area contributed by atoms with E-state index in [1.165, 1.54) is 0 Å². The van der Waals surface area contributed by atoms with Gasteiger partial charge < -0.3 is 4.90 Å². The first-order valence-electron chi connectivity index (χ1n) is 9.66. The summed E-state index contributed by atoms with van der Waals surface area (Å²) in [7, 11) is 1.95. The number of benzene rings is 1. The zero-order valence-corrected chi connectivity index (χ0v) is 16.3. The van der Waals surface area contributed by atoms with Gasteiger partial charge in [0.15, 0.2) is 0 Å². The van der Waals surface area contributed by atoms with Crippen LogP contribution in [0.25, 0.3) is 5.57 Å². The smallest absolute Gasteiger partial charge is 0.256 e. The number of fused-ring (bicyclic) bond motifs is 2. The average molecular weight is 388 g/mol. The van der Waals surface area contributed by atoms with E-state index in [0.29, 0.717) is 17.7 Å². The van der Waals surface area contributed by atoms with Crippen molar-refractivity contribution in [2.24, 2.45) is 10.5 Å². The Kier molecular flexibility index (Phi) is 3.91. The van der Waals surface area contributed by atoms with E-state index in [1.807, 2.05) is 36.5 Å². The van der Waals surface area contributed by atoms with Crippen LogP contribution in [0.3, 0.4) is 0 Å². The molecule has 6 heteroatoms. The van der Waals surface area contributed by atoms with Crippen LogP contribution in [0.5, 0.6) is 0 Å². The van der Waals surface area contributed by atoms with Crippen molar-refractivity contribution in [3.05, 3.63) is 83.0 Å². The van der Waals surface area contributed by atoms with Crippen LogP contribution in [0, 0.1) is 11.2 Å². The monoisotopic (exact) mass is 388 g/mol. The number of allylic oxidation sites excluding steroid dienone is 2. The largest absolute Gasteiger partial charge is 0.328 e. The summed E-state index contributed by atoms with van der Waals surface area (Å²) in [5.74, 6) is -0.407. The summed E-state index contributed by atoms with van der Waals surface area (Å²) in [6.07, 6.45) is 9.76. The Labute approximate surface area is 168 Å². The molecule has 5 nitrogen and oxygen atoms in total. The van der Waals surface area contributed by atoms with Crippen LogP contribution >= 0.6 is 0 Å². The van der Waals surface area contributed by atoms with E-state index in [2.05, 4.69) is 23.1 Å². The topological polar surface area (TPSA) is 48.8 Å². The maximum absolute atomic E-state index is 15.0. The molecule has 2 atom stereocenters. The second-order valence-electron chi connectivity index (χ2n) is 7.98. The number of likely N-dealkylation sites (N-methyl/N-ethyl adjacent to an activating group) is 1. The van der Waals surface area contributed by atoms with Gasteiger partial charge in [-0.3, -0.25) is 14.8 Å². The quantitative estimate of drug-likeness (QED) is 0.807. The fourth-order valence-electron chi connectivity index (χ4n) is 4.50. The Morgan fingerprint density at radius 3 is 2.97 bits per heavy atom. The molecule has 5 rings (SSSR count). The average Bonchev–Trinajstić information content (AvgIpc) is 3.20. The number of pyridine rings is 1. The van der Waals surface area contributed by atoms with Gasteiger partial charge in [0.1, 0.15) is 5.82 Å². The van der Waals surface area contributed by atoms with E-state index in [0.717, 1.165) is 16.8 Å². The Hall–Kier alpha value is -3.28. The Morgan fingerprint density at radius 2 is 2.17 bits per heavy atom. The summed E-state index contributed by atoms with van der Waals surface area (Å²) < 4.78 is 15.0. The highest BCUT2D eigenvalue weighted by Crippen LogP contribution is 2.44. The fraction of sp³-hybridized carbons (Fsp3) is 0.261. The van der Waals surface area contributed by atoms with E-state index in [1.54, 1.807) is 35.4 Å². The summed E-state index contributed by atoms with van der Waals surface area (Å²) >= 11 is 0. The van der Waals surface area contributed by atoms with Crippen LogP contribution in [0.4, 0.5) is 4.39 Å². The maximum atomic E-state index is 15.0. The minimum Gasteiger partial charge on any atom is -0.328 e. The van der Waals surface area contributed by atoms with Crippen LogP contribution in [0.1, 0.15) is 34.1 Å². The lowest BCUT2D eigenvalue weighted by atomic mass is 9.71. The third-order valence-corrected chi connectivity index (χ3v) is 6.14. The third-order valence-electron chi connectivity index (χ3n) is 6.14. The van der Waals surface area contributed by atoms with Gasteiger partial charge in [-0.15, -0.1) is 0 Å². The second kappa shape index (κ2) is 6.37. The Bertz CT molecular complexity index is 1110. The fourth-order valence-corrected chi connectivity index (χ4v) is 4.50. The molecule has 2 aliphatic heterocycles. The summed E-state index contributed by atoms with van der Waals surface area (Å²) in [5.41, 5.74) is 3.43. The van der Waals surface area contributed by atoms with E-state index in [-0.39, 0.29) is 29.7 Å². The second-order valence-corrected chi connectivity index (χ2v) is 7.98. The number of hydrogen-bond acceptors (Lipinski definition) is 4. The molecule has 146 valence electrons. The summed E-state index contributed by atoms with van der Waals surface area (Å²) in [4.78, 5) is 18.4. The minimum atomic E-state index is -0.307.